The molecule has 0 unspecified atom stereocenters. The van der Waals surface area contributed by atoms with Gasteiger partial charge in [-0.25, -0.2) is 12.7 Å². The van der Waals surface area contributed by atoms with Crippen molar-refractivity contribution in [2.24, 2.45) is 0 Å². The van der Waals surface area contributed by atoms with Gasteiger partial charge in [0.05, 0.1) is 0 Å². The molecule has 0 N–H and O–H groups in total. The maximum Gasteiger partial charge on any atom is 0.235 e. The van der Waals surface area contributed by atoms with Crippen molar-refractivity contribution >= 4 is 10.0 Å². The fourth-order valence-corrected chi connectivity index (χ4v) is 0.881. The third kappa shape index (κ3) is 2.62. The molecule has 0 heterocycles. The summed E-state index contributed by atoms with van der Waals surface area (Å²) in [6.07, 6.45) is 1.50. The van der Waals surface area contributed by atoms with Gasteiger partial charge in [-0.2, -0.15) is 0 Å². The Morgan fingerprint density at radius 1 is 1.33 bits per heavy atom. The Labute approximate surface area is 56.0 Å². The molecule has 0 aliphatic heterocycles. The van der Waals surface area contributed by atoms with Gasteiger partial charge in [-0.15, -0.1) is 0 Å². The van der Waals surface area contributed by atoms with Crippen LogP contribution < -0.4 is 0 Å². The van der Waals surface area contributed by atoms with Crippen LogP contribution in [-0.2, 0) is 10.0 Å². The zero-order chi connectivity index (χ0) is 7.49. The third-order valence-electron chi connectivity index (χ3n) is 0.817. The summed E-state index contributed by atoms with van der Waals surface area (Å²) in [4.78, 5) is 0. The smallest absolute Gasteiger partial charge is 0.208 e. The Bertz CT molecular complexity index is 191. The number of allylic oxidation sites excluding steroid dienone is 1. The van der Waals surface area contributed by atoms with Gasteiger partial charge in [0, 0.05) is 19.5 Å². The fourth-order valence-electron chi connectivity index (χ4n) is 0.294. The maximum absolute atomic E-state index is 10.8. The highest BCUT2D eigenvalue weighted by Gasteiger charge is 2.05. The standard InChI is InChI=1S/C5H11NO2S/c1-4-5-9(7,8)6(2)3/h4-5H,1-3H3. The quantitative estimate of drug-likeness (QED) is 0.570. The second-order valence-corrected chi connectivity index (χ2v) is 3.83. The molecule has 54 valence electrons. The van der Waals surface area contributed by atoms with Gasteiger partial charge in [0.25, 0.3) is 0 Å². The molecule has 0 fully saturated rings. The van der Waals surface area contributed by atoms with Crippen molar-refractivity contribution in [2.45, 2.75) is 6.92 Å². The zero-order valence-corrected chi connectivity index (χ0v) is 6.64. The van der Waals surface area contributed by atoms with Crippen LogP contribution in [0.1, 0.15) is 6.92 Å². The van der Waals surface area contributed by atoms with E-state index in [1.165, 1.54) is 20.2 Å². The predicted molar refractivity (Wildman–Crippen MR) is 37.4 cm³/mol. The summed E-state index contributed by atoms with van der Waals surface area (Å²) in [6, 6.07) is 0. The molecule has 0 spiro atoms. The highest BCUT2D eigenvalue weighted by Crippen LogP contribution is 1.94. The fraction of sp³-hybridized carbons (Fsp3) is 0.600. The van der Waals surface area contributed by atoms with Crippen molar-refractivity contribution in [1.82, 2.24) is 4.31 Å². The average Bonchev–Trinajstić information content (AvgIpc) is 1.65. The molecule has 0 aromatic heterocycles. The molecule has 9 heavy (non-hydrogen) atoms. The topological polar surface area (TPSA) is 37.4 Å². The Morgan fingerprint density at radius 2 is 1.78 bits per heavy atom. The first-order valence-electron chi connectivity index (χ1n) is 2.56. The van der Waals surface area contributed by atoms with Crippen LogP contribution in [0, 0.1) is 0 Å². The largest absolute Gasteiger partial charge is 0.235 e. The van der Waals surface area contributed by atoms with E-state index in [-0.39, 0.29) is 0 Å². The number of hydrogen-bond donors (Lipinski definition) is 0. The average molecular weight is 149 g/mol. The lowest BCUT2D eigenvalue weighted by molar-refractivity contribution is 0.531. The number of hydrogen-bond acceptors (Lipinski definition) is 2. The predicted octanol–water partition coefficient (Wildman–Crippen LogP) is 0.411. The van der Waals surface area contributed by atoms with Crippen molar-refractivity contribution in [1.29, 1.82) is 0 Å². The third-order valence-corrected chi connectivity index (χ3v) is 2.45. The van der Waals surface area contributed by atoms with Crippen molar-refractivity contribution in [3.05, 3.63) is 11.5 Å². The van der Waals surface area contributed by atoms with Crippen LogP contribution in [0.4, 0.5) is 0 Å². The second-order valence-electron chi connectivity index (χ2n) is 1.80. The molecule has 4 heteroatoms. The highest BCUT2D eigenvalue weighted by atomic mass is 32.2. The number of nitrogens with zero attached hydrogens (tertiary/aromatic N) is 1. The lowest BCUT2D eigenvalue weighted by Crippen LogP contribution is -2.19. The minimum Gasteiger partial charge on any atom is -0.208 e. The molecule has 0 bridgehead atoms. The van der Waals surface area contributed by atoms with E-state index in [4.69, 9.17) is 0 Å². The monoisotopic (exact) mass is 149 g/mol. The molecular formula is C5H11NO2S. The van der Waals surface area contributed by atoms with Gasteiger partial charge < -0.3 is 0 Å². The molecule has 0 aliphatic carbocycles. The van der Waals surface area contributed by atoms with Gasteiger partial charge in [-0.1, -0.05) is 6.08 Å². The Hall–Kier alpha value is -0.350. The SMILES string of the molecule is CC=CS(=O)(=O)N(C)C. The summed E-state index contributed by atoms with van der Waals surface area (Å²) >= 11 is 0. The molecule has 0 saturated carbocycles. The Morgan fingerprint density at radius 3 is 1.89 bits per heavy atom. The van der Waals surface area contributed by atoms with Gasteiger partial charge in [-0.3, -0.25) is 0 Å². The van der Waals surface area contributed by atoms with Crippen molar-refractivity contribution in [2.75, 3.05) is 14.1 Å². The van der Waals surface area contributed by atoms with E-state index in [1.54, 1.807) is 6.92 Å². The van der Waals surface area contributed by atoms with Crippen LogP contribution in [0.5, 0.6) is 0 Å². The Balaban J connectivity index is 4.42. The number of rotatable bonds is 2. The first-order chi connectivity index (χ1) is 4.00. The van der Waals surface area contributed by atoms with E-state index in [1.807, 2.05) is 0 Å². The minimum atomic E-state index is -3.10. The van der Waals surface area contributed by atoms with Gasteiger partial charge in [-0.05, 0) is 6.92 Å². The van der Waals surface area contributed by atoms with E-state index in [0.717, 1.165) is 9.71 Å². The molecule has 0 aromatic carbocycles. The first kappa shape index (κ1) is 8.65. The summed E-state index contributed by atoms with van der Waals surface area (Å²) in [5, 5.41) is 1.16. The maximum atomic E-state index is 10.8. The summed E-state index contributed by atoms with van der Waals surface area (Å²) in [5.74, 6) is 0. The number of sulfonamides is 1. The normalized spacial score (nSPS) is 13.3. The van der Waals surface area contributed by atoms with Crippen LogP contribution in [0.15, 0.2) is 11.5 Å². The summed E-state index contributed by atoms with van der Waals surface area (Å²) in [7, 11) is -0.105. The van der Waals surface area contributed by atoms with Crippen molar-refractivity contribution in [3.8, 4) is 0 Å². The molecule has 0 saturated heterocycles. The van der Waals surface area contributed by atoms with Crippen LogP contribution in [0.3, 0.4) is 0 Å². The summed E-state index contributed by atoms with van der Waals surface area (Å²) < 4.78 is 22.7. The molecule has 3 nitrogen and oxygen atoms in total. The van der Waals surface area contributed by atoms with Gasteiger partial charge in [0.15, 0.2) is 0 Å². The highest BCUT2D eigenvalue weighted by molar-refractivity contribution is 7.91. The molecule has 0 radical (unpaired) electrons. The molecule has 0 aliphatic rings. The molecule has 0 aromatic rings. The molecule has 0 amide bonds. The zero-order valence-electron chi connectivity index (χ0n) is 5.83. The van der Waals surface area contributed by atoms with E-state index < -0.39 is 10.0 Å². The van der Waals surface area contributed by atoms with Crippen LogP contribution >= 0.6 is 0 Å². The first-order valence-corrected chi connectivity index (χ1v) is 4.06. The van der Waals surface area contributed by atoms with Crippen molar-refractivity contribution in [3.63, 3.8) is 0 Å². The van der Waals surface area contributed by atoms with E-state index in [2.05, 4.69) is 0 Å². The van der Waals surface area contributed by atoms with E-state index in [9.17, 15) is 8.42 Å². The van der Waals surface area contributed by atoms with Crippen molar-refractivity contribution < 1.29 is 8.42 Å². The van der Waals surface area contributed by atoms with Gasteiger partial charge in [0.1, 0.15) is 0 Å². The molecular weight excluding hydrogens is 138 g/mol. The van der Waals surface area contributed by atoms with Crippen LogP contribution in [-0.4, -0.2) is 26.8 Å². The summed E-state index contributed by atoms with van der Waals surface area (Å²) in [5.41, 5.74) is 0. The lowest BCUT2D eigenvalue weighted by Gasteiger charge is -2.04. The van der Waals surface area contributed by atoms with E-state index >= 15 is 0 Å². The molecule has 0 atom stereocenters. The Kier molecular flexibility index (Phi) is 2.87. The van der Waals surface area contributed by atoms with E-state index in [0.29, 0.717) is 0 Å². The minimum absolute atomic E-state index is 1.16. The van der Waals surface area contributed by atoms with Crippen LogP contribution in [0.25, 0.3) is 0 Å². The van der Waals surface area contributed by atoms with Gasteiger partial charge >= 0.3 is 0 Å². The van der Waals surface area contributed by atoms with Gasteiger partial charge in [0.2, 0.25) is 10.0 Å². The molecule has 0 rings (SSSR count). The lowest BCUT2D eigenvalue weighted by atomic mass is 10.8. The summed E-state index contributed by atoms with van der Waals surface area (Å²) in [6.45, 7) is 1.67. The second kappa shape index (κ2) is 2.98. The van der Waals surface area contributed by atoms with Crippen LogP contribution in [0.2, 0.25) is 0 Å².